The molecule has 4 aliphatic rings. The third-order valence-electron chi connectivity index (χ3n) is 7.25. The summed E-state index contributed by atoms with van der Waals surface area (Å²) in [7, 11) is 0. The summed E-state index contributed by atoms with van der Waals surface area (Å²) in [6.45, 7) is 4.79. The summed E-state index contributed by atoms with van der Waals surface area (Å²) in [4.78, 5) is 0. The summed E-state index contributed by atoms with van der Waals surface area (Å²) < 4.78 is 0. The fraction of sp³-hybridized carbons (Fsp3) is 0.667. The molecular weight excluding hydrogens is 571 g/mol. The average Bonchev–Trinajstić information content (AvgIpc) is 3.42. The van der Waals surface area contributed by atoms with Crippen LogP contribution in [0.2, 0.25) is 0 Å². The Hall–Kier alpha value is -0.250. The first-order valence-corrected chi connectivity index (χ1v) is 12.7. The molecule has 0 aliphatic heterocycles. The fourth-order valence-corrected chi connectivity index (χ4v) is 5.46. The van der Waals surface area contributed by atoms with E-state index in [1.54, 1.807) is 5.57 Å². The largest absolute Gasteiger partial charge is 0.396 e. The Morgan fingerprint density at radius 1 is 0.788 bits per heavy atom. The van der Waals surface area contributed by atoms with Gasteiger partial charge < -0.3 is 25.1 Å². The summed E-state index contributed by atoms with van der Waals surface area (Å²) in [5, 5.41) is 16.1. The first-order chi connectivity index (χ1) is 14.7. The van der Waals surface area contributed by atoms with Crippen molar-refractivity contribution in [1.29, 1.82) is 0 Å². The summed E-state index contributed by atoms with van der Waals surface area (Å²) in [5.41, 5.74) is 1.77. The van der Waals surface area contributed by atoms with Gasteiger partial charge in [-0.25, -0.2) is 0 Å². The molecule has 5 atom stereocenters. The van der Waals surface area contributed by atoms with Crippen LogP contribution in [0.5, 0.6) is 0 Å². The zero-order valence-corrected chi connectivity index (χ0v) is 25.6. The molecule has 2 nitrogen and oxygen atoms in total. The van der Waals surface area contributed by atoms with Gasteiger partial charge >= 0.3 is 0 Å². The standard InChI is InChI=1S/C20H26.2C4H10O.2CH3.Hf/c1-2-9-19-16(5-1)11-13-18(19)14-12-17-7-3-6-15-8-4-10-20(15)17;2*1-2-3-4-5;;;/h1-3,5-7,9,15-16,18-20H,4,8,10-14H2;2*5H,2-4H2,1H3;2*1H3;/q;;;2*-1;. The van der Waals surface area contributed by atoms with E-state index in [1.807, 2.05) is 0 Å². The zero-order valence-electron chi connectivity index (χ0n) is 22.0. The molecule has 0 bridgehead atoms. The van der Waals surface area contributed by atoms with Gasteiger partial charge in [-0.15, -0.1) is 0 Å². The summed E-state index contributed by atoms with van der Waals surface area (Å²) in [6.07, 6.45) is 30.7. The van der Waals surface area contributed by atoms with Crippen LogP contribution in [-0.4, -0.2) is 23.4 Å². The van der Waals surface area contributed by atoms with Crippen LogP contribution in [-0.2, 0) is 25.8 Å². The van der Waals surface area contributed by atoms with Crippen molar-refractivity contribution in [3.05, 3.63) is 63.0 Å². The maximum atomic E-state index is 8.07. The second-order valence-corrected chi connectivity index (χ2v) is 9.37. The minimum Gasteiger partial charge on any atom is -0.396 e. The van der Waals surface area contributed by atoms with E-state index < -0.39 is 0 Å². The fourth-order valence-electron chi connectivity index (χ4n) is 5.46. The molecule has 0 radical (unpaired) electrons. The third kappa shape index (κ3) is 11.8. The van der Waals surface area contributed by atoms with Gasteiger partial charge in [-0.1, -0.05) is 81.2 Å². The molecule has 0 heterocycles. The van der Waals surface area contributed by atoms with E-state index in [4.69, 9.17) is 10.2 Å². The molecule has 4 aliphatic carbocycles. The van der Waals surface area contributed by atoms with Gasteiger partial charge in [-0.2, -0.15) is 0 Å². The number of unbranched alkanes of at least 4 members (excludes halogenated alkanes) is 2. The second kappa shape index (κ2) is 21.1. The summed E-state index contributed by atoms with van der Waals surface area (Å²) in [5.74, 6) is 4.42. The van der Waals surface area contributed by atoms with Crippen LogP contribution in [0.3, 0.4) is 0 Å². The van der Waals surface area contributed by atoms with Crippen LogP contribution >= 0.6 is 0 Å². The molecule has 2 N–H and O–H groups in total. The van der Waals surface area contributed by atoms with Crippen LogP contribution in [0, 0.1) is 44.4 Å². The number of fused-ring (bicyclic) bond motifs is 2. The Kier molecular flexibility index (Phi) is 22.3. The van der Waals surface area contributed by atoms with E-state index in [1.165, 1.54) is 44.9 Å². The first kappa shape index (κ1) is 34.9. The van der Waals surface area contributed by atoms with Gasteiger partial charge in [-0.05, 0) is 81.0 Å². The third-order valence-corrected chi connectivity index (χ3v) is 7.25. The quantitative estimate of drug-likeness (QED) is 0.224. The van der Waals surface area contributed by atoms with Crippen molar-refractivity contribution in [2.24, 2.45) is 29.6 Å². The van der Waals surface area contributed by atoms with E-state index in [2.05, 4.69) is 56.4 Å². The Bertz CT molecular complexity index is 568. The number of hydrogen-bond donors (Lipinski definition) is 2. The minimum absolute atomic E-state index is 0. The van der Waals surface area contributed by atoms with Crippen LogP contribution in [0.25, 0.3) is 0 Å². The van der Waals surface area contributed by atoms with Gasteiger partial charge in [0.05, 0.1) is 0 Å². The number of aliphatic hydroxyl groups is 2. The Morgan fingerprint density at radius 2 is 1.42 bits per heavy atom. The van der Waals surface area contributed by atoms with Crippen molar-refractivity contribution in [1.82, 2.24) is 0 Å². The molecule has 0 spiro atoms. The van der Waals surface area contributed by atoms with E-state index in [0.29, 0.717) is 13.2 Å². The van der Waals surface area contributed by atoms with Gasteiger partial charge in [0.1, 0.15) is 0 Å². The topological polar surface area (TPSA) is 40.5 Å². The summed E-state index contributed by atoms with van der Waals surface area (Å²) in [6, 6.07) is 0. The van der Waals surface area contributed by atoms with Gasteiger partial charge in [-0.3, -0.25) is 0 Å². The van der Waals surface area contributed by atoms with Crippen LogP contribution in [0.1, 0.15) is 84.5 Å². The average molecular weight is 623 g/mol. The molecule has 3 heteroatoms. The van der Waals surface area contributed by atoms with Crippen molar-refractivity contribution < 1.29 is 36.1 Å². The zero-order chi connectivity index (χ0) is 21.6. The molecule has 0 saturated heterocycles. The molecule has 0 aromatic carbocycles. The predicted molar refractivity (Wildman–Crippen MR) is 142 cm³/mol. The van der Waals surface area contributed by atoms with Crippen LogP contribution in [0.15, 0.2) is 48.1 Å². The number of allylic oxidation sites excluding steroid dienone is 8. The van der Waals surface area contributed by atoms with Crippen LogP contribution in [0.4, 0.5) is 0 Å². The van der Waals surface area contributed by atoms with Gasteiger partial charge in [0.25, 0.3) is 0 Å². The Morgan fingerprint density at radius 3 is 2.03 bits per heavy atom. The van der Waals surface area contributed by atoms with Crippen molar-refractivity contribution >= 4 is 0 Å². The van der Waals surface area contributed by atoms with E-state index >= 15 is 0 Å². The molecule has 0 aromatic heterocycles. The smallest absolute Gasteiger partial charge is 0.0430 e. The maximum Gasteiger partial charge on any atom is 0.0430 e. The van der Waals surface area contributed by atoms with E-state index in [9.17, 15) is 0 Å². The minimum atomic E-state index is 0. The van der Waals surface area contributed by atoms with Crippen molar-refractivity contribution in [2.75, 3.05) is 13.2 Å². The number of hydrogen-bond acceptors (Lipinski definition) is 2. The van der Waals surface area contributed by atoms with E-state index in [-0.39, 0.29) is 40.7 Å². The molecule has 5 unspecified atom stereocenters. The van der Waals surface area contributed by atoms with Gasteiger partial charge in [0, 0.05) is 39.1 Å². The maximum absolute atomic E-state index is 8.07. The molecule has 2 fully saturated rings. The van der Waals surface area contributed by atoms with Crippen molar-refractivity contribution in [3.63, 3.8) is 0 Å². The molecule has 33 heavy (non-hydrogen) atoms. The molecule has 190 valence electrons. The summed E-state index contributed by atoms with van der Waals surface area (Å²) >= 11 is 0. The molecule has 4 rings (SSSR count). The predicted octanol–water partition coefficient (Wildman–Crippen LogP) is 7.90. The van der Waals surface area contributed by atoms with Crippen molar-refractivity contribution in [2.45, 2.75) is 84.5 Å². The van der Waals surface area contributed by atoms with E-state index in [0.717, 1.165) is 55.3 Å². The molecular formula is C30H52HfO2-2. The van der Waals surface area contributed by atoms with Gasteiger partial charge in [0.2, 0.25) is 0 Å². The second-order valence-electron chi connectivity index (χ2n) is 9.37. The monoisotopic (exact) mass is 624 g/mol. The van der Waals surface area contributed by atoms with Crippen LogP contribution < -0.4 is 0 Å². The number of rotatable bonds is 7. The SMILES string of the molecule is C1=CC2CCCC2C(CCC2CCC3C=CC=CC32)=C1.CCCCO.CCCCO.[CH3-].[CH3-].[Hf]. The van der Waals surface area contributed by atoms with Gasteiger partial charge in [0.15, 0.2) is 0 Å². The molecule has 0 aromatic rings. The normalized spacial score (nSPS) is 27.8. The molecule has 2 saturated carbocycles. The van der Waals surface area contributed by atoms with Crippen molar-refractivity contribution in [3.8, 4) is 0 Å². The molecule has 0 amide bonds. The number of aliphatic hydroxyl groups excluding tert-OH is 2. The Labute approximate surface area is 225 Å². The Balaban J connectivity index is 0. The first-order valence-electron chi connectivity index (χ1n) is 12.7.